The Morgan fingerprint density at radius 2 is 1.91 bits per heavy atom. The number of rotatable bonds is 4. The van der Waals surface area contributed by atoms with Gasteiger partial charge in [-0.05, 0) is 33.6 Å². The normalized spacial score (nSPS) is 15.7. The van der Waals surface area contributed by atoms with E-state index in [4.69, 9.17) is 5.73 Å². The molecule has 2 aromatic heterocycles. The molecule has 0 amide bonds. The molecule has 0 aromatic carbocycles. The van der Waals surface area contributed by atoms with Crippen molar-refractivity contribution in [2.75, 3.05) is 0 Å². The summed E-state index contributed by atoms with van der Waals surface area (Å²) in [7, 11) is 1.66. The monoisotopic (exact) mass is 305 g/mol. The molecule has 3 rings (SSSR count). The molecular formula is C15H23N5O2. The van der Waals surface area contributed by atoms with Gasteiger partial charge in [0.05, 0.1) is 0 Å². The zero-order chi connectivity index (χ0) is 16.2. The summed E-state index contributed by atoms with van der Waals surface area (Å²) in [6.07, 6.45) is 2.20. The Bertz CT molecular complexity index is 846. The van der Waals surface area contributed by atoms with Crippen molar-refractivity contribution in [3.8, 4) is 0 Å². The smallest absolute Gasteiger partial charge is 0.324 e. The molecule has 120 valence electrons. The van der Waals surface area contributed by atoms with Gasteiger partial charge in [0, 0.05) is 31.6 Å². The molecule has 0 atom stereocenters. The van der Waals surface area contributed by atoms with E-state index in [9.17, 15) is 9.59 Å². The van der Waals surface area contributed by atoms with Crippen LogP contribution in [-0.4, -0.2) is 24.2 Å². The van der Waals surface area contributed by atoms with E-state index in [1.807, 2.05) is 11.5 Å². The van der Waals surface area contributed by atoms with E-state index >= 15 is 0 Å². The van der Waals surface area contributed by atoms with Crippen molar-refractivity contribution in [2.45, 2.75) is 58.2 Å². The van der Waals surface area contributed by atoms with Crippen LogP contribution in [0, 0.1) is 0 Å². The van der Waals surface area contributed by atoms with Crippen molar-refractivity contribution in [3.63, 3.8) is 0 Å². The van der Waals surface area contributed by atoms with Crippen molar-refractivity contribution in [1.29, 1.82) is 0 Å². The molecule has 1 saturated carbocycles. The average Bonchev–Trinajstić information content (AvgIpc) is 3.20. The average molecular weight is 305 g/mol. The van der Waals surface area contributed by atoms with Crippen molar-refractivity contribution >= 4 is 11.2 Å². The van der Waals surface area contributed by atoms with Gasteiger partial charge in [0.2, 0.25) is 0 Å². The third-order valence-corrected chi connectivity index (χ3v) is 4.09. The molecule has 0 radical (unpaired) electrons. The highest BCUT2D eigenvalue weighted by Crippen LogP contribution is 2.40. The van der Waals surface area contributed by atoms with Gasteiger partial charge in [0.25, 0.3) is 5.56 Å². The highest BCUT2D eigenvalue weighted by molar-refractivity contribution is 5.71. The van der Waals surface area contributed by atoms with Gasteiger partial charge < -0.3 is 10.3 Å². The first-order chi connectivity index (χ1) is 10.2. The molecule has 1 aliphatic carbocycles. The number of aromatic nitrogens is 4. The second-order valence-electron chi connectivity index (χ2n) is 6.88. The summed E-state index contributed by atoms with van der Waals surface area (Å²) >= 11 is 0. The van der Waals surface area contributed by atoms with E-state index in [1.54, 1.807) is 20.9 Å². The second-order valence-corrected chi connectivity index (χ2v) is 6.88. The van der Waals surface area contributed by atoms with Crippen LogP contribution in [0.5, 0.6) is 0 Å². The van der Waals surface area contributed by atoms with Crippen molar-refractivity contribution in [3.05, 3.63) is 26.7 Å². The fourth-order valence-corrected chi connectivity index (χ4v) is 2.91. The number of nitrogens with zero attached hydrogens (tertiary/aromatic N) is 4. The van der Waals surface area contributed by atoms with E-state index < -0.39 is 5.54 Å². The minimum Gasteiger partial charge on any atom is -0.324 e. The summed E-state index contributed by atoms with van der Waals surface area (Å²) in [6.45, 7) is 6.45. The van der Waals surface area contributed by atoms with Crippen LogP contribution in [0.15, 0.2) is 9.59 Å². The first kappa shape index (κ1) is 15.0. The Kier molecular flexibility index (Phi) is 3.28. The third-order valence-electron chi connectivity index (χ3n) is 4.09. The molecule has 0 aliphatic heterocycles. The van der Waals surface area contributed by atoms with Gasteiger partial charge in [0.1, 0.15) is 5.82 Å². The van der Waals surface area contributed by atoms with Crippen LogP contribution in [-0.2, 0) is 20.1 Å². The lowest BCUT2D eigenvalue weighted by Gasteiger charge is -2.19. The summed E-state index contributed by atoms with van der Waals surface area (Å²) in [6, 6.07) is 0. The van der Waals surface area contributed by atoms with Gasteiger partial charge >= 0.3 is 5.69 Å². The number of fused-ring (bicyclic) bond motifs is 1. The summed E-state index contributed by atoms with van der Waals surface area (Å²) in [5, 5.41) is 0. The molecule has 1 fully saturated rings. The topological polar surface area (TPSA) is 87.8 Å². The van der Waals surface area contributed by atoms with E-state index in [-0.39, 0.29) is 17.8 Å². The van der Waals surface area contributed by atoms with Gasteiger partial charge in [-0.1, -0.05) is 0 Å². The first-order valence-corrected chi connectivity index (χ1v) is 7.73. The zero-order valence-corrected chi connectivity index (χ0v) is 13.6. The van der Waals surface area contributed by atoms with Crippen LogP contribution in [0.25, 0.3) is 11.2 Å². The summed E-state index contributed by atoms with van der Waals surface area (Å²) < 4.78 is 4.64. The standard InChI is InChI=1S/C15H23N5O2/c1-5-19-10-12(17-11(19)9-6-7-9)18(4)14(22)20(13(10)21)8-15(2,3)16/h9H,5-8,16H2,1-4H3. The van der Waals surface area contributed by atoms with E-state index in [1.165, 1.54) is 9.13 Å². The lowest BCUT2D eigenvalue weighted by Crippen LogP contribution is -2.48. The number of aryl methyl sites for hydroxylation is 2. The third kappa shape index (κ3) is 2.29. The fourth-order valence-electron chi connectivity index (χ4n) is 2.91. The van der Waals surface area contributed by atoms with Crippen molar-refractivity contribution in [1.82, 2.24) is 18.7 Å². The molecule has 0 unspecified atom stereocenters. The number of hydrogen-bond donors (Lipinski definition) is 1. The zero-order valence-electron chi connectivity index (χ0n) is 13.6. The highest BCUT2D eigenvalue weighted by Gasteiger charge is 2.31. The number of nitrogens with two attached hydrogens (primary N) is 1. The molecule has 7 nitrogen and oxygen atoms in total. The van der Waals surface area contributed by atoms with Gasteiger partial charge in [0.15, 0.2) is 11.2 Å². The lowest BCUT2D eigenvalue weighted by molar-refractivity contribution is 0.411. The highest BCUT2D eigenvalue weighted by atomic mass is 16.2. The lowest BCUT2D eigenvalue weighted by atomic mass is 10.1. The molecule has 22 heavy (non-hydrogen) atoms. The van der Waals surface area contributed by atoms with E-state index in [2.05, 4.69) is 4.98 Å². The Morgan fingerprint density at radius 3 is 2.41 bits per heavy atom. The quantitative estimate of drug-likeness (QED) is 0.892. The summed E-state index contributed by atoms with van der Waals surface area (Å²) in [5.74, 6) is 1.34. The van der Waals surface area contributed by atoms with Gasteiger partial charge in [-0.2, -0.15) is 0 Å². The molecule has 0 bridgehead atoms. The molecule has 2 aromatic rings. The maximum atomic E-state index is 12.8. The van der Waals surface area contributed by atoms with Gasteiger partial charge in [-0.15, -0.1) is 0 Å². The second kappa shape index (κ2) is 4.81. The predicted octanol–water partition coefficient (Wildman–Crippen LogP) is 0.531. The predicted molar refractivity (Wildman–Crippen MR) is 85.1 cm³/mol. The van der Waals surface area contributed by atoms with Crippen molar-refractivity contribution in [2.24, 2.45) is 12.8 Å². The maximum absolute atomic E-state index is 12.8. The van der Waals surface area contributed by atoms with Crippen LogP contribution >= 0.6 is 0 Å². The number of imidazole rings is 1. The number of hydrogen-bond acceptors (Lipinski definition) is 4. The van der Waals surface area contributed by atoms with E-state index in [0.717, 1.165) is 18.7 Å². The SMILES string of the molecule is CCn1c(C2CC2)nc2c1c(=O)n(CC(C)(C)N)c(=O)n2C. The first-order valence-electron chi connectivity index (χ1n) is 7.73. The Balaban J connectivity index is 2.36. The molecular weight excluding hydrogens is 282 g/mol. The molecule has 2 N–H and O–H groups in total. The van der Waals surface area contributed by atoms with Crippen LogP contribution in [0.1, 0.15) is 45.4 Å². The molecule has 0 saturated heterocycles. The maximum Gasteiger partial charge on any atom is 0.332 e. The summed E-state index contributed by atoms with van der Waals surface area (Å²) in [5.41, 5.74) is 5.70. The molecule has 0 spiro atoms. The van der Waals surface area contributed by atoms with Crippen LogP contribution in [0.3, 0.4) is 0 Å². The molecule has 2 heterocycles. The largest absolute Gasteiger partial charge is 0.332 e. The summed E-state index contributed by atoms with van der Waals surface area (Å²) in [4.78, 5) is 29.9. The van der Waals surface area contributed by atoms with Gasteiger partial charge in [-0.25, -0.2) is 9.78 Å². The van der Waals surface area contributed by atoms with Crippen LogP contribution in [0.4, 0.5) is 0 Å². The van der Waals surface area contributed by atoms with E-state index in [0.29, 0.717) is 23.6 Å². The Hall–Kier alpha value is -1.89. The van der Waals surface area contributed by atoms with Crippen molar-refractivity contribution < 1.29 is 0 Å². The molecule has 1 aliphatic rings. The Labute approximate surface area is 128 Å². The van der Waals surface area contributed by atoms with Crippen LogP contribution < -0.4 is 17.0 Å². The van der Waals surface area contributed by atoms with Crippen LogP contribution in [0.2, 0.25) is 0 Å². The fraction of sp³-hybridized carbons (Fsp3) is 0.667. The molecule has 7 heteroatoms. The minimum atomic E-state index is -0.639. The minimum absolute atomic E-state index is 0.183. The Morgan fingerprint density at radius 1 is 1.27 bits per heavy atom. The van der Waals surface area contributed by atoms with Gasteiger partial charge in [-0.3, -0.25) is 13.9 Å².